The first-order chi connectivity index (χ1) is 21.3. The monoisotopic (exact) mass is 655 g/mol. The lowest BCUT2D eigenvalue weighted by atomic mass is 9.85. The number of amides is 2. The minimum Gasteiger partial charge on any atom is -0.472 e. The lowest BCUT2D eigenvalue weighted by Gasteiger charge is -2.35. The average Bonchev–Trinajstić information content (AvgIpc) is 3.58. The highest BCUT2D eigenvalue weighted by atomic mass is 19.4. The maximum Gasteiger partial charge on any atom is 0.573 e. The molecule has 2 amide bonds. The number of hydrogen-bond acceptors (Lipinski definition) is 7. The summed E-state index contributed by atoms with van der Waals surface area (Å²) >= 11 is 0. The molecule has 2 aliphatic heterocycles. The molecule has 3 heterocycles. The second-order valence-electron chi connectivity index (χ2n) is 13.6. The summed E-state index contributed by atoms with van der Waals surface area (Å²) in [5.41, 5.74) is -1.42. The van der Waals surface area contributed by atoms with Crippen molar-refractivity contribution >= 4 is 28.7 Å². The first kappa shape index (κ1) is 33.6. The van der Waals surface area contributed by atoms with Crippen LogP contribution in [0, 0.1) is 17.3 Å². The van der Waals surface area contributed by atoms with Crippen molar-refractivity contribution in [3.63, 3.8) is 0 Å². The molecule has 46 heavy (non-hydrogen) atoms. The zero-order valence-electron chi connectivity index (χ0n) is 26.2. The molecule has 6 atom stereocenters. The number of nitrogens with zero attached hydrogens (tertiary/aromatic N) is 2. The molecule has 1 aliphatic carbocycles. The molecule has 1 N–H and O–H groups in total. The number of alkyl carbamates (subject to hydrolysis) is 1. The van der Waals surface area contributed by atoms with Crippen molar-refractivity contribution in [3.05, 3.63) is 29.8 Å². The number of fused-ring (bicyclic) bond motifs is 5. The minimum atomic E-state index is -4.98. The van der Waals surface area contributed by atoms with Crippen LogP contribution in [0.1, 0.15) is 72.3 Å². The van der Waals surface area contributed by atoms with Crippen molar-refractivity contribution in [1.82, 2.24) is 15.2 Å². The minimum absolute atomic E-state index is 0.0127. The Balaban J connectivity index is 1.57. The molecule has 1 saturated heterocycles. The first-order valence-electron chi connectivity index (χ1n) is 15.4. The molecule has 9 nitrogen and oxygen atoms in total. The number of Topliss-reactive ketones (excluding diaryl/α,β-unsaturated/α-hetero) is 1. The number of nitrogens with one attached hydrogen (secondary N) is 1. The van der Waals surface area contributed by atoms with Gasteiger partial charge in [-0.25, -0.2) is 18.6 Å². The van der Waals surface area contributed by atoms with Gasteiger partial charge in [0.25, 0.3) is 5.92 Å². The van der Waals surface area contributed by atoms with E-state index in [1.54, 1.807) is 27.7 Å². The van der Waals surface area contributed by atoms with Crippen LogP contribution >= 0.6 is 0 Å². The Kier molecular flexibility index (Phi) is 8.88. The van der Waals surface area contributed by atoms with E-state index in [2.05, 4.69) is 15.0 Å². The standard InChI is InChI=1S/C32H38F5N3O6/c1-16-24-15-40(25(16)17(2)41)28(42)26(30(3,4)5)39-29(43)45-23-13-19(23)8-6-7-11-31(33,34)21-12-18-9-10-20(46-32(35,36)37)14-22(18)38-27(21)44-24/h9-10,12,14,16,19,23-26H,6-8,11,13,15H2,1-5H3,(H,39,43)/t16-,19-,23-,24+,25+,26-/m1/s1. The van der Waals surface area contributed by atoms with Gasteiger partial charge in [-0.3, -0.25) is 9.59 Å². The van der Waals surface area contributed by atoms with Gasteiger partial charge in [0, 0.05) is 23.8 Å². The van der Waals surface area contributed by atoms with Gasteiger partial charge in [-0.1, -0.05) is 34.1 Å². The fourth-order valence-electron chi connectivity index (χ4n) is 6.40. The molecule has 1 aromatic heterocycles. The summed E-state index contributed by atoms with van der Waals surface area (Å²) in [4.78, 5) is 45.3. The number of ether oxygens (including phenoxy) is 3. The van der Waals surface area contributed by atoms with E-state index in [9.17, 15) is 27.6 Å². The van der Waals surface area contributed by atoms with Crippen LogP contribution in [0.3, 0.4) is 0 Å². The molecule has 5 rings (SSSR count). The van der Waals surface area contributed by atoms with E-state index in [0.29, 0.717) is 19.3 Å². The highest BCUT2D eigenvalue weighted by Gasteiger charge is 2.50. The van der Waals surface area contributed by atoms with Crippen molar-refractivity contribution in [2.24, 2.45) is 17.3 Å². The van der Waals surface area contributed by atoms with Crippen molar-refractivity contribution < 1.29 is 50.5 Å². The Bertz CT molecular complexity index is 1510. The fourth-order valence-corrected chi connectivity index (χ4v) is 6.40. The largest absolute Gasteiger partial charge is 0.573 e. The number of ketones is 1. The highest BCUT2D eigenvalue weighted by Crippen LogP contribution is 2.44. The molecule has 3 aliphatic rings. The Hall–Kier alpha value is -3.71. The Morgan fingerprint density at radius 3 is 2.46 bits per heavy atom. The number of aromatic nitrogens is 1. The molecule has 2 bridgehead atoms. The normalized spacial score (nSPS) is 29.0. The lowest BCUT2D eigenvalue weighted by Crippen LogP contribution is -2.57. The summed E-state index contributed by atoms with van der Waals surface area (Å²) in [7, 11) is 0. The van der Waals surface area contributed by atoms with Crippen LogP contribution in [0.25, 0.3) is 10.9 Å². The molecule has 1 saturated carbocycles. The van der Waals surface area contributed by atoms with Crippen molar-refractivity contribution in [2.45, 2.75) is 103 Å². The van der Waals surface area contributed by atoms with Crippen LogP contribution in [0.5, 0.6) is 11.6 Å². The van der Waals surface area contributed by atoms with Gasteiger partial charge in [0.1, 0.15) is 24.0 Å². The maximum atomic E-state index is 15.9. The number of halogens is 5. The number of rotatable bonds is 2. The van der Waals surface area contributed by atoms with Crippen LogP contribution in [0.4, 0.5) is 26.7 Å². The van der Waals surface area contributed by atoms with E-state index >= 15 is 8.78 Å². The van der Waals surface area contributed by atoms with Crippen molar-refractivity contribution in [1.29, 1.82) is 0 Å². The van der Waals surface area contributed by atoms with Crippen LogP contribution in [0.2, 0.25) is 0 Å². The van der Waals surface area contributed by atoms with Crippen molar-refractivity contribution in [3.8, 4) is 11.6 Å². The SMILES string of the molecule is CC(=O)[C@@H]1[C@H](C)[C@@H]2CN1C(=O)[C@H](C(C)(C)C)NC(=O)O[C@@H]1C[C@H]1CCCCC(F)(F)c1cc3ccc(OC(F)(F)F)cc3nc1O2. The molecule has 0 spiro atoms. The van der Waals surface area contributed by atoms with E-state index in [1.807, 2.05) is 0 Å². The van der Waals surface area contributed by atoms with Gasteiger partial charge in [-0.15, -0.1) is 13.2 Å². The molecule has 0 unspecified atom stereocenters. The van der Waals surface area contributed by atoms with Gasteiger partial charge >= 0.3 is 12.5 Å². The van der Waals surface area contributed by atoms with Crippen molar-refractivity contribution in [2.75, 3.05) is 6.54 Å². The van der Waals surface area contributed by atoms with Crippen LogP contribution < -0.4 is 14.8 Å². The van der Waals surface area contributed by atoms with E-state index in [4.69, 9.17) is 9.47 Å². The smallest absolute Gasteiger partial charge is 0.472 e. The molecule has 2 aromatic rings. The van der Waals surface area contributed by atoms with Crippen LogP contribution in [-0.4, -0.2) is 64.9 Å². The second kappa shape index (κ2) is 12.1. The molecule has 14 heteroatoms. The summed E-state index contributed by atoms with van der Waals surface area (Å²) < 4.78 is 86.2. The van der Waals surface area contributed by atoms with E-state index in [-0.39, 0.29) is 41.7 Å². The third-order valence-electron chi connectivity index (χ3n) is 8.95. The Morgan fingerprint density at radius 2 is 1.80 bits per heavy atom. The predicted octanol–water partition coefficient (Wildman–Crippen LogP) is 6.51. The zero-order valence-corrected chi connectivity index (χ0v) is 26.2. The van der Waals surface area contributed by atoms with E-state index in [0.717, 1.165) is 18.2 Å². The molecular weight excluding hydrogens is 617 g/mol. The maximum absolute atomic E-state index is 15.9. The number of benzene rings is 1. The third-order valence-corrected chi connectivity index (χ3v) is 8.95. The summed E-state index contributed by atoms with van der Waals surface area (Å²) in [6, 6.07) is 2.26. The number of alkyl halides is 5. The zero-order chi connectivity index (χ0) is 33.8. The predicted molar refractivity (Wildman–Crippen MR) is 155 cm³/mol. The quantitative estimate of drug-likeness (QED) is 0.368. The topological polar surface area (TPSA) is 107 Å². The molecular formula is C32H38F5N3O6. The average molecular weight is 656 g/mol. The van der Waals surface area contributed by atoms with Gasteiger partial charge < -0.3 is 24.4 Å². The van der Waals surface area contributed by atoms with Gasteiger partial charge in [0.05, 0.1) is 23.7 Å². The third kappa shape index (κ3) is 7.30. The number of hydrogen-bond donors (Lipinski definition) is 1. The molecule has 1 aromatic carbocycles. The van der Waals surface area contributed by atoms with Crippen LogP contribution in [-0.2, 0) is 20.2 Å². The highest BCUT2D eigenvalue weighted by molar-refractivity contribution is 5.92. The lowest BCUT2D eigenvalue weighted by molar-refractivity contribution is -0.274. The molecule has 2 fully saturated rings. The second-order valence-corrected chi connectivity index (χ2v) is 13.6. The van der Waals surface area contributed by atoms with E-state index in [1.165, 1.54) is 17.9 Å². The van der Waals surface area contributed by atoms with Gasteiger partial charge in [-0.05, 0) is 55.7 Å². The Morgan fingerprint density at radius 1 is 1.09 bits per heavy atom. The summed E-state index contributed by atoms with van der Waals surface area (Å²) in [5, 5.41) is 2.84. The van der Waals surface area contributed by atoms with Gasteiger partial charge in [0.2, 0.25) is 11.8 Å². The number of carbonyl (C=O) groups excluding carboxylic acids is 3. The van der Waals surface area contributed by atoms with Gasteiger partial charge in [0.15, 0.2) is 5.78 Å². The molecule has 252 valence electrons. The summed E-state index contributed by atoms with van der Waals surface area (Å²) in [6.45, 7) is 8.00. The fraction of sp³-hybridized carbons (Fsp3) is 0.625. The number of carbonyl (C=O) groups is 3. The van der Waals surface area contributed by atoms with Crippen LogP contribution in [0.15, 0.2) is 24.3 Å². The number of pyridine rings is 1. The molecule has 0 radical (unpaired) electrons. The van der Waals surface area contributed by atoms with E-state index < -0.39 is 77.4 Å². The summed E-state index contributed by atoms with van der Waals surface area (Å²) in [5.74, 6) is -6.15. The Labute approximate surface area is 263 Å². The first-order valence-corrected chi connectivity index (χ1v) is 15.4. The summed E-state index contributed by atoms with van der Waals surface area (Å²) in [6.07, 6.45) is -5.96. The van der Waals surface area contributed by atoms with Gasteiger partial charge in [-0.2, -0.15) is 0 Å².